The molecule has 0 saturated carbocycles. The number of amides is 2. The molecule has 160 valence electrons. The number of hydrogen-bond donors (Lipinski definition) is 1. The van der Waals surface area contributed by atoms with Crippen molar-refractivity contribution < 1.29 is 17.9 Å². The molecule has 30 heavy (non-hydrogen) atoms. The zero-order valence-corrected chi connectivity index (χ0v) is 17.4. The number of rotatable bonds is 5. The summed E-state index contributed by atoms with van der Waals surface area (Å²) in [5.74, 6) is -0.417. The van der Waals surface area contributed by atoms with E-state index in [0.717, 1.165) is 31.9 Å². The van der Waals surface area contributed by atoms with Gasteiger partial charge in [-0.3, -0.25) is 14.0 Å². The second-order valence-electron chi connectivity index (χ2n) is 7.40. The van der Waals surface area contributed by atoms with Crippen LogP contribution in [0.1, 0.15) is 0 Å². The van der Waals surface area contributed by atoms with Gasteiger partial charge in [-0.25, -0.2) is 9.18 Å². The van der Waals surface area contributed by atoms with Gasteiger partial charge >= 0.3 is 6.03 Å². The van der Waals surface area contributed by atoms with Crippen molar-refractivity contribution >= 4 is 40.0 Å². The average Bonchev–Trinajstić information content (AvgIpc) is 3.10. The first-order valence-electron chi connectivity index (χ1n) is 9.70. The maximum absolute atomic E-state index is 14.9. The molecule has 2 saturated heterocycles. The number of benzene rings is 2. The summed E-state index contributed by atoms with van der Waals surface area (Å²) in [4.78, 5) is 20.3. The lowest BCUT2D eigenvalue weighted by Gasteiger charge is -2.34. The van der Waals surface area contributed by atoms with Crippen LogP contribution in [0.3, 0.4) is 0 Å². The van der Waals surface area contributed by atoms with Crippen LogP contribution in [0.4, 0.5) is 31.9 Å². The Morgan fingerprint density at radius 2 is 1.57 bits per heavy atom. The Balaban J connectivity index is 1.47. The van der Waals surface area contributed by atoms with Crippen LogP contribution in [-0.4, -0.2) is 66.0 Å². The molecule has 1 unspecified atom stereocenters. The van der Waals surface area contributed by atoms with Crippen molar-refractivity contribution in [2.24, 2.45) is 0 Å². The van der Waals surface area contributed by atoms with Crippen LogP contribution >= 0.6 is 0 Å². The number of urea groups is 1. The van der Waals surface area contributed by atoms with Crippen molar-refractivity contribution in [2.45, 2.75) is 0 Å². The van der Waals surface area contributed by atoms with Crippen molar-refractivity contribution in [1.82, 2.24) is 4.90 Å². The Morgan fingerprint density at radius 3 is 2.20 bits per heavy atom. The van der Waals surface area contributed by atoms with Crippen LogP contribution in [0.5, 0.6) is 0 Å². The fraction of sp³-hybridized carbons (Fsp3) is 0.350. The third kappa shape index (κ3) is 4.25. The zero-order chi connectivity index (χ0) is 21.3. The summed E-state index contributed by atoms with van der Waals surface area (Å²) in [5, 5.41) is 0. The molecule has 2 aromatic carbocycles. The Bertz CT molecular complexity index is 950. The third-order valence-corrected chi connectivity index (χ3v) is 5.88. The molecule has 2 amide bonds. The van der Waals surface area contributed by atoms with Crippen molar-refractivity contribution in [3.63, 3.8) is 0 Å². The fourth-order valence-electron chi connectivity index (χ4n) is 3.78. The van der Waals surface area contributed by atoms with Gasteiger partial charge in [0.15, 0.2) is 0 Å². The maximum Gasteiger partial charge on any atom is 0.329 e. The summed E-state index contributed by atoms with van der Waals surface area (Å²) in [6.07, 6.45) is 0. The first-order valence-corrected chi connectivity index (χ1v) is 10.8. The molecule has 0 bridgehead atoms. The Labute approximate surface area is 177 Å². The maximum atomic E-state index is 14.9. The molecule has 1 N–H and O–H groups in total. The van der Waals surface area contributed by atoms with Crippen molar-refractivity contribution in [3.8, 4) is 0 Å². The van der Waals surface area contributed by atoms with Gasteiger partial charge in [-0.15, -0.1) is 0 Å². The van der Waals surface area contributed by atoms with E-state index in [-0.39, 0.29) is 11.7 Å². The molecule has 1 atom stereocenters. The van der Waals surface area contributed by atoms with Gasteiger partial charge < -0.3 is 19.1 Å². The second kappa shape index (κ2) is 8.58. The number of carbonyl (C=O) groups is 1. The molecular weight excluding hydrogens is 409 g/mol. The van der Waals surface area contributed by atoms with E-state index in [0.29, 0.717) is 24.5 Å². The van der Waals surface area contributed by atoms with Crippen LogP contribution in [0.2, 0.25) is 0 Å². The number of hydrogen-bond acceptors (Lipinski definition) is 5. The lowest BCUT2D eigenvalue weighted by atomic mass is 10.2. The molecule has 10 heteroatoms. The van der Waals surface area contributed by atoms with Crippen molar-refractivity contribution in [3.05, 3.63) is 48.3 Å². The highest BCUT2D eigenvalue weighted by Gasteiger charge is 2.32. The van der Waals surface area contributed by atoms with E-state index in [9.17, 15) is 17.9 Å². The molecule has 0 aromatic heterocycles. The topological polar surface area (TPSA) is 82.2 Å². The Morgan fingerprint density at radius 1 is 0.933 bits per heavy atom. The standard InChI is InChI=1S/C20H24FN5O3S/c1-23-8-10-24(11-9-23)17-6-7-19(18(21)14-17)26-13-12-25(20(26)27)16-4-2-15(3-5-16)22-30(28)29/h2-7,14,22H,8-13H2,1H3,(H,28,29)/p-1. The minimum Gasteiger partial charge on any atom is -0.755 e. The largest absolute Gasteiger partial charge is 0.755 e. The fourth-order valence-corrected chi connectivity index (χ4v) is 4.11. The molecule has 0 aliphatic carbocycles. The quantitative estimate of drug-likeness (QED) is 0.733. The summed E-state index contributed by atoms with van der Waals surface area (Å²) >= 11 is -2.41. The molecule has 8 nitrogen and oxygen atoms in total. The van der Waals surface area contributed by atoms with Gasteiger partial charge in [-0.1, -0.05) is 0 Å². The highest BCUT2D eigenvalue weighted by Crippen LogP contribution is 2.30. The lowest BCUT2D eigenvalue weighted by Crippen LogP contribution is -2.44. The van der Waals surface area contributed by atoms with E-state index >= 15 is 0 Å². The number of carbonyl (C=O) groups excluding carboxylic acids is 1. The van der Waals surface area contributed by atoms with Crippen molar-refractivity contribution in [1.29, 1.82) is 0 Å². The van der Waals surface area contributed by atoms with E-state index in [1.54, 1.807) is 35.2 Å². The van der Waals surface area contributed by atoms with Gasteiger partial charge in [0.05, 0.1) is 5.69 Å². The van der Waals surface area contributed by atoms with Gasteiger partial charge in [-0.05, 0) is 49.5 Å². The van der Waals surface area contributed by atoms with Crippen LogP contribution in [-0.2, 0) is 11.3 Å². The highest BCUT2D eigenvalue weighted by molar-refractivity contribution is 7.80. The van der Waals surface area contributed by atoms with Crippen LogP contribution in [0, 0.1) is 5.82 Å². The number of anilines is 4. The van der Waals surface area contributed by atoms with Crippen molar-refractivity contribution in [2.75, 3.05) is 65.7 Å². The molecule has 2 aliphatic heterocycles. The highest BCUT2D eigenvalue weighted by atomic mass is 32.2. The van der Waals surface area contributed by atoms with Crippen LogP contribution in [0.25, 0.3) is 0 Å². The normalized spacial score (nSPS) is 18.8. The molecular formula is C20H23FN5O3S-. The summed E-state index contributed by atoms with van der Waals surface area (Å²) < 4.78 is 38.6. The molecule has 0 spiro atoms. The molecule has 2 aromatic rings. The number of likely N-dealkylation sites (N-methyl/N-ethyl adjacent to an activating group) is 1. The summed E-state index contributed by atoms with van der Waals surface area (Å²) in [7, 11) is 2.07. The molecule has 2 heterocycles. The number of piperazine rings is 1. The summed E-state index contributed by atoms with van der Waals surface area (Å²) in [5.41, 5.74) is 2.12. The predicted octanol–water partition coefficient (Wildman–Crippen LogP) is 2.23. The van der Waals surface area contributed by atoms with E-state index in [1.807, 2.05) is 6.07 Å². The van der Waals surface area contributed by atoms with E-state index < -0.39 is 17.1 Å². The Kier molecular flexibility index (Phi) is 5.89. The predicted molar refractivity (Wildman–Crippen MR) is 115 cm³/mol. The second-order valence-corrected chi connectivity index (χ2v) is 8.07. The number of halogens is 1. The molecule has 2 fully saturated rings. The summed E-state index contributed by atoms with van der Waals surface area (Å²) in [6, 6.07) is 11.2. The van der Waals surface area contributed by atoms with Crippen LogP contribution < -0.4 is 19.4 Å². The van der Waals surface area contributed by atoms with Gasteiger partial charge in [0.25, 0.3) is 0 Å². The lowest BCUT2D eigenvalue weighted by molar-refractivity contribution is 0.255. The third-order valence-electron chi connectivity index (χ3n) is 5.48. The first-order chi connectivity index (χ1) is 14.4. The van der Waals surface area contributed by atoms with Gasteiger partial charge in [0.2, 0.25) is 0 Å². The van der Waals surface area contributed by atoms with E-state index in [1.165, 1.54) is 11.0 Å². The van der Waals surface area contributed by atoms with E-state index in [2.05, 4.69) is 21.6 Å². The minimum absolute atomic E-state index is 0.264. The minimum atomic E-state index is -2.41. The monoisotopic (exact) mass is 432 g/mol. The first kappa shape index (κ1) is 20.6. The van der Waals surface area contributed by atoms with Gasteiger partial charge in [-0.2, -0.15) is 0 Å². The zero-order valence-electron chi connectivity index (χ0n) is 16.6. The smallest absolute Gasteiger partial charge is 0.329 e. The molecule has 0 radical (unpaired) electrons. The Hall–Kier alpha value is -2.69. The van der Waals surface area contributed by atoms with Gasteiger partial charge in [0.1, 0.15) is 5.82 Å². The average molecular weight is 433 g/mol. The SMILES string of the molecule is CN1CCN(c2ccc(N3CCN(c4ccc(NS(=O)[O-])cc4)C3=O)c(F)c2)CC1. The number of nitrogens with zero attached hydrogens (tertiary/aromatic N) is 4. The van der Waals surface area contributed by atoms with Gasteiger partial charge in [0, 0.05) is 67.6 Å². The van der Waals surface area contributed by atoms with E-state index in [4.69, 9.17) is 0 Å². The molecule has 2 aliphatic rings. The number of nitrogens with one attached hydrogen (secondary N) is 1. The van der Waals surface area contributed by atoms with Crippen LogP contribution in [0.15, 0.2) is 42.5 Å². The molecule has 4 rings (SSSR count). The summed E-state index contributed by atoms with van der Waals surface area (Å²) in [6.45, 7) is 4.34.